The van der Waals surface area contributed by atoms with Crippen LogP contribution < -0.4 is 9.80 Å². The zero-order chi connectivity index (χ0) is 13.9. The number of hydrogen-bond donors (Lipinski definition) is 1. The summed E-state index contributed by atoms with van der Waals surface area (Å²) in [6.07, 6.45) is 1.53. The summed E-state index contributed by atoms with van der Waals surface area (Å²) >= 11 is 0. The molecule has 3 heterocycles. The number of nitrogens with zero attached hydrogens (tertiary/aromatic N) is 3. The average molecular weight is 277 g/mol. The van der Waals surface area contributed by atoms with Crippen molar-refractivity contribution >= 4 is 11.6 Å². The minimum absolute atomic E-state index is 0.144. The molecule has 2 aliphatic heterocycles. The van der Waals surface area contributed by atoms with Gasteiger partial charge in [0.1, 0.15) is 11.6 Å². The summed E-state index contributed by atoms with van der Waals surface area (Å²) in [6, 6.07) is 4.29. The highest BCUT2D eigenvalue weighted by Gasteiger charge is 2.20. The number of rotatable bonds is 2. The summed E-state index contributed by atoms with van der Waals surface area (Å²) in [4.78, 5) is 9.39. The van der Waals surface area contributed by atoms with Crippen molar-refractivity contribution in [3.05, 3.63) is 17.7 Å². The van der Waals surface area contributed by atoms with Gasteiger partial charge in [-0.25, -0.2) is 4.98 Å². The highest BCUT2D eigenvalue weighted by molar-refractivity contribution is 5.52. The SMILES string of the molecule is Cc1cc(N2CCOCC2)nc(N2CCC(O)CC2)c1. The third-order valence-electron chi connectivity index (χ3n) is 4.07. The Morgan fingerprint density at radius 1 is 1.05 bits per heavy atom. The molecule has 0 bridgehead atoms. The largest absolute Gasteiger partial charge is 0.393 e. The highest BCUT2D eigenvalue weighted by atomic mass is 16.5. The molecule has 0 unspecified atom stereocenters. The van der Waals surface area contributed by atoms with Crippen molar-refractivity contribution in [2.45, 2.75) is 25.9 Å². The molecule has 0 saturated carbocycles. The third kappa shape index (κ3) is 3.04. The summed E-state index contributed by atoms with van der Waals surface area (Å²) < 4.78 is 5.40. The van der Waals surface area contributed by atoms with E-state index in [1.54, 1.807) is 0 Å². The normalized spacial score (nSPS) is 21.3. The second-order valence-electron chi connectivity index (χ2n) is 5.68. The van der Waals surface area contributed by atoms with Gasteiger partial charge in [-0.05, 0) is 37.5 Å². The molecule has 110 valence electrons. The molecule has 1 aromatic heterocycles. The number of piperidine rings is 1. The molecule has 2 aliphatic rings. The highest BCUT2D eigenvalue weighted by Crippen LogP contribution is 2.24. The van der Waals surface area contributed by atoms with E-state index in [2.05, 4.69) is 28.9 Å². The Balaban J connectivity index is 1.79. The molecular weight excluding hydrogens is 254 g/mol. The number of aromatic nitrogens is 1. The van der Waals surface area contributed by atoms with Crippen molar-refractivity contribution in [3.63, 3.8) is 0 Å². The quantitative estimate of drug-likeness (QED) is 0.880. The van der Waals surface area contributed by atoms with E-state index in [4.69, 9.17) is 9.72 Å². The van der Waals surface area contributed by atoms with Crippen LogP contribution in [-0.2, 0) is 4.74 Å². The van der Waals surface area contributed by atoms with Crippen LogP contribution in [0.1, 0.15) is 18.4 Å². The lowest BCUT2D eigenvalue weighted by Crippen LogP contribution is -2.38. The van der Waals surface area contributed by atoms with Gasteiger partial charge in [0.2, 0.25) is 0 Å². The fraction of sp³-hybridized carbons (Fsp3) is 0.667. The standard InChI is InChI=1S/C15H23N3O2/c1-12-10-14(17-4-2-13(19)3-5-17)16-15(11-12)18-6-8-20-9-7-18/h10-11,13,19H,2-9H2,1H3. The van der Waals surface area contributed by atoms with Crippen LogP contribution in [0.25, 0.3) is 0 Å². The first kappa shape index (κ1) is 13.6. The number of anilines is 2. The van der Waals surface area contributed by atoms with Crippen molar-refractivity contribution in [3.8, 4) is 0 Å². The molecule has 1 aromatic rings. The number of hydrogen-bond acceptors (Lipinski definition) is 5. The number of ether oxygens (including phenoxy) is 1. The van der Waals surface area contributed by atoms with Gasteiger partial charge >= 0.3 is 0 Å². The molecule has 1 N–H and O–H groups in total. The zero-order valence-corrected chi connectivity index (χ0v) is 12.1. The predicted molar refractivity (Wildman–Crippen MR) is 79.5 cm³/mol. The molecule has 0 atom stereocenters. The predicted octanol–water partition coefficient (Wildman–Crippen LogP) is 1.19. The van der Waals surface area contributed by atoms with Gasteiger partial charge in [-0.15, -0.1) is 0 Å². The van der Waals surface area contributed by atoms with Gasteiger partial charge in [0.15, 0.2) is 0 Å². The molecule has 0 spiro atoms. The first-order valence-corrected chi connectivity index (χ1v) is 7.47. The van der Waals surface area contributed by atoms with Gasteiger partial charge in [0.25, 0.3) is 0 Å². The first-order valence-electron chi connectivity index (χ1n) is 7.47. The minimum atomic E-state index is -0.144. The van der Waals surface area contributed by atoms with E-state index >= 15 is 0 Å². The molecule has 5 heteroatoms. The summed E-state index contributed by atoms with van der Waals surface area (Å²) in [5, 5.41) is 9.62. The molecule has 2 fully saturated rings. The molecule has 0 amide bonds. The Kier molecular flexibility index (Phi) is 4.08. The van der Waals surface area contributed by atoms with Crippen molar-refractivity contribution in [2.24, 2.45) is 0 Å². The lowest BCUT2D eigenvalue weighted by molar-refractivity contribution is 0.122. The molecule has 2 saturated heterocycles. The Morgan fingerprint density at radius 2 is 1.60 bits per heavy atom. The number of pyridine rings is 1. The Bertz CT molecular complexity index is 452. The summed E-state index contributed by atoms with van der Waals surface area (Å²) in [5.74, 6) is 2.09. The van der Waals surface area contributed by atoms with Crippen LogP contribution in [0.5, 0.6) is 0 Å². The molecule has 20 heavy (non-hydrogen) atoms. The number of morpholine rings is 1. The minimum Gasteiger partial charge on any atom is -0.393 e. The lowest BCUT2D eigenvalue weighted by atomic mass is 10.1. The van der Waals surface area contributed by atoms with E-state index in [1.165, 1.54) is 5.56 Å². The maximum absolute atomic E-state index is 9.62. The van der Waals surface area contributed by atoms with E-state index < -0.39 is 0 Å². The van der Waals surface area contributed by atoms with Crippen molar-refractivity contribution < 1.29 is 9.84 Å². The van der Waals surface area contributed by atoms with Crippen LogP contribution in [0.3, 0.4) is 0 Å². The Morgan fingerprint density at radius 3 is 2.20 bits per heavy atom. The van der Waals surface area contributed by atoms with E-state index in [-0.39, 0.29) is 6.10 Å². The van der Waals surface area contributed by atoms with Crippen LogP contribution in [0.2, 0.25) is 0 Å². The van der Waals surface area contributed by atoms with Crippen molar-refractivity contribution in [2.75, 3.05) is 49.2 Å². The number of aliphatic hydroxyl groups is 1. The van der Waals surface area contributed by atoms with Gasteiger partial charge in [-0.2, -0.15) is 0 Å². The average Bonchev–Trinajstić information content (AvgIpc) is 2.48. The monoisotopic (exact) mass is 277 g/mol. The molecule has 3 rings (SSSR count). The van der Waals surface area contributed by atoms with E-state index in [0.29, 0.717) is 0 Å². The lowest BCUT2D eigenvalue weighted by Gasteiger charge is -2.33. The second kappa shape index (κ2) is 5.97. The number of aryl methyl sites for hydroxylation is 1. The van der Waals surface area contributed by atoms with Crippen molar-refractivity contribution in [1.29, 1.82) is 0 Å². The topological polar surface area (TPSA) is 48.8 Å². The van der Waals surface area contributed by atoms with Gasteiger partial charge < -0.3 is 19.6 Å². The molecule has 0 aliphatic carbocycles. The smallest absolute Gasteiger partial charge is 0.131 e. The first-order chi connectivity index (χ1) is 9.72. The van der Waals surface area contributed by atoms with Crippen LogP contribution in [0.15, 0.2) is 12.1 Å². The van der Waals surface area contributed by atoms with E-state index in [0.717, 1.165) is 63.9 Å². The summed E-state index contributed by atoms with van der Waals surface area (Å²) in [6.45, 7) is 7.28. The third-order valence-corrected chi connectivity index (χ3v) is 4.07. The van der Waals surface area contributed by atoms with Crippen LogP contribution in [0, 0.1) is 6.92 Å². The zero-order valence-electron chi connectivity index (χ0n) is 12.1. The van der Waals surface area contributed by atoms with Crippen LogP contribution in [0.4, 0.5) is 11.6 Å². The number of aliphatic hydroxyl groups excluding tert-OH is 1. The maximum atomic E-state index is 9.62. The fourth-order valence-corrected chi connectivity index (χ4v) is 2.84. The van der Waals surface area contributed by atoms with Crippen LogP contribution in [-0.4, -0.2) is 55.6 Å². The van der Waals surface area contributed by atoms with Gasteiger partial charge in [-0.1, -0.05) is 0 Å². The Labute approximate surface area is 120 Å². The van der Waals surface area contributed by atoms with E-state index in [1.807, 2.05) is 0 Å². The second-order valence-corrected chi connectivity index (χ2v) is 5.68. The van der Waals surface area contributed by atoms with Crippen molar-refractivity contribution in [1.82, 2.24) is 4.98 Å². The molecule has 5 nitrogen and oxygen atoms in total. The van der Waals surface area contributed by atoms with Gasteiger partial charge in [0.05, 0.1) is 19.3 Å². The van der Waals surface area contributed by atoms with Gasteiger partial charge in [0, 0.05) is 26.2 Å². The molecule has 0 radical (unpaired) electrons. The molecular formula is C15H23N3O2. The van der Waals surface area contributed by atoms with Crippen LogP contribution >= 0.6 is 0 Å². The van der Waals surface area contributed by atoms with Gasteiger partial charge in [-0.3, -0.25) is 0 Å². The fourth-order valence-electron chi connectivity index (χ4n) is 2.84. The Hall–Kier alpha value is -1.33. The van der Waals surface area contributed by atoms with E-state index in [9.17, 15) is 5.11 Å². The molecule has 0 aromatic carbocycles. The maximum Gasteiger partial charge on any atom is 0.131 e. The summed E-state index contributed by atoms with van der Waals surface area (Å²) in [5.41, 5.74) is 1.24. The summed E-state index contributed by atoms with van der Waals surface area (Å²) in [7, 11) is 0.